The van der Waals surface area contributed by atoms with E-state index in [4.69, 9.17) is 5.10 Å². The van der Waals surface area contributed by atoms with Crippen LogP contribution < -0.4 is 0 Å². The Labute approximate surface area is 139 Å². The fourth-order valence-corrected chi connectivity index (χ4v) is 4.31. The van der Waals surface area contributed by atoms with Gasteiger partial charge in [0.25, 0.3) is 0 Å². The molecule has 0 saturated heterocycles. The summed E-state index contributed by atoms with van der Waals surface area (Å²) in [6, 6.07) is 10.6. The van der Waals surface area contributed by atoms with E-state index in [0.717, 1.165) is 33.7 Å². The van der Waals surface area contributed by atoms with Gasteiger partial charge in [0.15, 0.2) is 5.82 Å². The van der Waals surface area contributed by atoms with E-state index in [2.05, 4.69) is 54.4 Å². The van der Waals surface area contributed by atoms with Crippen molar-refractivity contribution >= 4 is 28.1 Å². The molecular formula is C16H20N4S2. The van der Waals surface area contributed by atoms with E-state index < -0.39 is 0 Å². The van der Waals surface area contributed by atoms with E-state index in [1.807, 2.05) is 16.3 Å². The molecule has 0 spiro atoms. The number of aromatic nitrogens is 4. The molecule has 1 atom stereocenters. The lowest BCUT2D eigenvalue weighted by Crippen LogP contribution is -2.01. The van der Waals surface area contributed by atoms with Crippen LogP contribution >= 0.6 is 23.1 Å². The highest BCUT2D eigenvalue weighted by atomic mass is 32.2. The van der Waals surface area contributed by atoms with Gasteiger partial charge < -0.3 is 0 Å². The van der Waals surface area contributed by atoms with Gasteiger partial charge in [0.2, 0.25) is 4.96 Å². The van der Waals surface area contributed by atoms with Crippen molar-refractivity contribution in [3.8, 4) is 0 Å². The Morgan fingerprint density at radius 1 is 1.18 bits per heavy atom. The summed E-state index contributed by atoms with van der Waals surface area (Å²) < 4.78 is 1.92. The van der Waals surface area contributed by atoms with Crippen LogP contribution in [0.2, 0.25) is 0 Å². The van der Waals surface area contributed by atoms with Gasteiger partial charge in [0.05, 0.1) is 5.75 Å². The van der Waals surface area contributed by atoms with Crippen molar-refractivity contribution in [2.75, 3.05) is 5.75 Å². The van der Waals surface area contributed by atoms with Crippen molar-refractivity contribution in [2.45, 2.75) is 38.4 Å². The van der Waals surface area contributed by atoms with Gasteiger partial charge in [-0.25, -0.2) is 0 Å². The molecule has 3 aromatic rings. The third kappa shape index (κ3) is 3.17. The van der Waals surface area contributed by atoms with Crippen molar-refractivity contribution in [2.24, 2.45) is 0 Å². The van der Waals surface area contributed by atoms with Crippen LogP contribution in [0.3, 0.4) is 0 Å². The van der Waals surface area contributed by atoms with Gasteiger partial charge in [0.1, 0.15) is 5.01 Å². The predicted octanol–water partition coefficient (Wildman–Crippen LogP) is 4.37. The minimum absolute atomic E-state index is 0.337. The summed E-state index contributed by atoms with van der Waals surface area (Å²) in [4.78, 5) is 0.900. The Balaban J connectivity index is 1.88. The Kier molecular flexibility index (Phi) is 5.10. The summed E-state index contributed by atoms with van der Waals surface area (Å²) in [7, 11) is 0. The zero-order valence-electron chi connectivity index (χ0n) is 12.9. The summed E-state index contributed by atoms with van der Waals surface area (Å²) in [5.41, 5.74) is 1.32. The van der Waals surface area contributed by atoms with Crippen LogP contribution in [-0.4, -0.2) is 25.6 Å². The highest BCUT2D eigenvalue weighted by Crippen LogP contribution is 2.31. The topological polar surface area (TPSA) is 43.1 Å². The Hall–Kier alpha value is -1.40. The van der Waals surface area contributed by atoms with Gasteiger partial charge in [-0.2, -0.15) is 21.4 Å². The van der Waals surface area contributed by atoms with E-state index >= 15 is 0 Å². The Morgan fingerprint density at radius 2 is 2.00 bits per heavy atom. The number of benzene rings is 1. The molecule has 6 heteroatoms. The second-order valence-electron chi connectivity index (χ2n) is 5.18. The highest BCUT2D eigenvalue weighted by molar-refractivity contribution is 7.98. The van der Waals surface area contributed by atoms with Gasteiger partial charge >= 0.3 is 0 Å². The molecule has 2 aromatic heterocycles. The maximum atomic E-state index is 4.80. The molecule has 1 unspecified atom stereocenters. The predicted molar refractivity (Wildman–Crippen MR) is 93.7 cm³/mol. The largest absolute Gasteiger partial charge is 0.234 e. The first-order chi connectivity index (χ1) is 10.8. The first-order valence-electron chi connectivity index (χ1n) is 7.67. The first-order valence-corrected chi connectivity index (χ1v) is 9.64. The van der Waals surface area contributed by atoms with Crippen LogP contribution in [0.25, 0.3) is 4.96 Å². The fourth-order valence-electron chi connectivity index (χ4n) is 2.45. The minimum Gasteiger partial charge on any atom is -0.186 e. The summed E-state index contributed by atoms with van der Waals surface area (Å²) in [6.45, 7) is 4.40. The van der Waals surface area contributed by atoms with Gasteiger partial charge in [-0.1, -0.05) is 55.5 Å². The molecule has 0 aliphatic carbocycles. The van der Waals surface area contributed by atoms with E-state index in [0.29, 0.717) is 5.92 Å². The molecule has 0 aliphatic heterocycles. The monoisotopic (exact) mass is 332 g/mol. The second-order valence-corrected chi connectivity index (χ2v) is 7.27. The smallest absolute Gasteiger partial charge is 0.186 e. The molecule has 2 heterocycles. The van der Waals surface area contributed by atoms with Crippen molar-refractivity contribution in [1.29, 1.82) is 0 Å². The summed E-state index contributed by atoms with van der Waals surface area (Å²) in [6.07, 6.45) is 2.22. The van der Waals surface area contributed by atoms with E-state index in [1.165, 1.54) is 12.0 Å². The molecule has 0 radical (unpaired) electrons. The lowest BCUT2D eigenvalue weighted by molar-refractivity contribution is 0.734. The molecule has 116 valence electrons. The van der Waals surface area contributed by atoms with Crippen LogP contribution in [0.4, 0.5) is 0 Å². The SMILES string of the molecule is CCCSCc1nnc2sc(C(CC)c3ccccc3)nn12. The van der Waals surface area contributed by atoms with Crippen molar-refractivity contribution < 1.29 is 0 Å². The molecule has 0 amide bonds. The highest BCUT2D eigenvalue weighted by Gasteiger charge is 2.19. The zero-order chi connectivity index (χ0) is 15.4. The minimum atomic E-state index is 0.337. The summed E-state index contributed by atoms with van der Waals surface area (Å²) in [5, 5.41) is 14.5. The molecule has 1 aromatic carbocycles. The molecular weight excluding hydrogens is 312 g/mol. The van der Waals surface area contributed by atoms with Gasteiger partial charge in [-0.05, 0) is 24.2 Å². The number of thioether (sulfide) groups is 1. The van der Waals surface area contributed by atoms with Crippen LogP contribution in [-0.2, 0) is 5.75 Å². The molecule has 22 heavy (non-hydrogen) atoms. The normalized spacial score (nSPS) is 12.8. The van der Waals surface area contributed by atoms with E-state index in [1.54, 1.807) is 11.3 Å². The summed E-state index contributed by atoms with van der Waals surface area (Å²) >= 11 is 3.54. The molecule has 3 rings (SSSR count). The molecule has 0 N–H and O–H groups in total. The Morgan fingerprint density at radius 3 is 2.73 bits per heavy atom. The van der Waals surface area contributed by atoms with Crippen molar-refractivity contribution in [3.63, 3.8) is 0 Å². The van der Waals surface area contributed by atoms with E-state index in [-0.39, 0.29) is 0 Å². The molecule has 0 bridgehead atoms. The first kappa shape index (κ1) is 15.5. The average molecular weight is 332 g/mol. The maximum Gasteiger partial charge on any atom is 0.234 e. The van der Waals surface area contributed by atoms with Gasteiger partial charge in [-0.3, -0.25) is 0 Å². The van der Waals surface area contributed by atoms with Crippen LogP contribution in [0.1, 0.15) is 49.0 Å². The second kappa shape index (κ2) is 7.24. The Bertz CT molecular complexity index is 720. The quantitative estimate of drug-likeness (QED) is 0.603. The molecule has 4 nitrogen and oxygen atoms in total. The third-order valence-corrected chi connectivity index (χ3v) is 5.73. The molecule has 0 aliphatic rings. The van der Waals surface area contributed by atoms with Crippen LogP contribution in [0.15, 0.2) is 30.3 Å². The average Bonchev–Trinajstić information content (AvgIpc) is 3.11. The molecule has 0 saturated carbocycles. The third-order valence-electron chi connectivity index (χ3n) is 3.56. The van der Waals surface area contributed by atoms with Gasteiger partial charge in [-0.15, -0.1) is 10.2 Å². The van der Waals surface area contributed by atoms with Crippen LogP contribution in [0.5, 0.6) is 0 Å². The number of rotatable bonds is 7. The zero-order valence-corrected chi connectivity index (χ0v) is 14.5. The van der Waals surface area contributed by atoms with E-state index in [9.17, 15) is 0 Å². The summed E-state index contributed by atoms with van der Waals surface area (Å²) in [5.74, 6) is 3.32. The van der Waals surface area contributed by atoms with Crippen molar-refractivity contribution in [3.05, 3.63) is 46.7 Å². The van der Waals surface area contributed by atoms with Crippen LogP contribution in [0, 0.1) is 0 Å². The number of fused-ring (bicyclic) bond motifs is 1. The standard InChI is InChI=1S/C16H20N4S2/c1-3-10-21-11-14-17-18-16-20(14)19-15(22-16)13(4-2)12-8-6-5-7-9-12/h5-9,13H,3-4,10-11H2,1-2H3. The van der Waals surface area contributed by atoms with Crippen molar-refractivity contribution in [1.82, 2.24) is 19.8 Å². The molecule has 0 fully saturated rings. The number of hydrogen-bond donors (Lipinski definition) is 0. The van der Waals surface area contributed by atoms with Gasteiger partial charge in [0, 0.05) is 5.92 Å². The lowest BCUT2D eigenvalue weighted by Gasteiger charge is -2.11. The lowest BCUT2D eigenvalue weighted by atomic mass is 9.97. The fraction of sp³-hybridized carbons (Fsp3) is 0.438. The number of nitrogens with zero attached hydrogens (tertiary/aromatic N) is 4. The number of hydrogen-bond acceptors (Lipinski definition) is 5. The maximum absolute atomic E-state index is 4.80.